The second-order valence-electron chi connectivity index (χ2n) is 6.28. The minimum Gasteiger partial charge on any atom is -0.309 e. The van der Waals surface area contributed by atoms with Crippen molar-refractivity contribution >= 4 is 11.8 Å². The molecule has 1 heterocycles. The Labute approximate surface area is 118 Å². The van der Waals surface area contributed by atoms with Gasteiger partial charge in [-0.25, -0.2) is 0 Å². The zero-order valence-electron chi connectivity index (χ0n) is 13.0. The highest BCUT2D eigenvalue weighted by Crippen LogP contribution is 2.23. The number of rotatable bonds is 7. The van der Waals surface area contributed by atoms with Crippen LogP contribution < -0.4 is 5.32 Å². The lowest BCUT2D eigenvalue weighted by Gasteiger charge is -2.47. The maximum absolute atomic E-state index is 3.76. The van der Waals surface area contributed by atoms with Gasteiger partial charge in [-0.05, 0) is 50.7 Å². The van der Waals surface area contributed by atoms with Crippen molar-refractivity contribution in [3.63, 3.8) is 0 Å². The average Bonchev–Trinajstić information content (AvgIpc) is 2.34. The minimum atomic E-state index is 0.324. The number of unbranched alkanes of at least 4 members (excludes halogenated alkanes) is 1. The van der Waals surface area contributed by atoms with E-state index in [1.54, 1.807) is 0 Å². The number of piperazine rings is 1. The lowest BCUT2D eigenvalue weighted by Crippen LogP contribution is -2.63. The van der Waals surface area contributed by atoms with Crippen LogP contribution in [0.2, 0.25) is 0 Å². The molecular weight excluding hydrogens is 240 g/mol. The Morgan fingerprint density at radius 3 is 2.67 bits per heavy atom. The first-order chi connectivity index (χ1) is 8.52. The van der Waals surface area contributed by atoms with E-state index in [0.717, 1.165) is 18.5 Å². The first-order valence-corrected chi connectivity index (χ1v) is 8.90. The van der Waals surface area contributed by atoms with Gasteiger partial charge in [0.15, 0.2) is 0 Å². The molecule has 2 nitrogen and oxygen atoms in total. The lowest BCUT2D eigenvalue weighted by atomic mass is 9.90. The maximum Gasteiger partial charge on any atom is 0.0278 e. The lowest BCUT2D eigenvalue weighted by molar-refractivity contribution is 0.0593. The van der Waals surface area contributed by atoms with Crippen molar-refractivity contribution in [2.45, 2.75) is 58.5 Å². The number of hydrogen-bond donors (Lipinski definition) is 1. The van der Waals surface area contributed by atoms with E-state index in [-0.39, 0.29) is 0 Å². The molecule has 0 aromatic rings. The topological polar surface area (TPSA) is 15.3 Å². The molecule has 1 rings (SSSR count). The molecule has 0 saturated carbocycles. The van der Waals surface area contributed by atoms with E-state index in [9.17, 15) is 0 Å². The van der Waals surface area contributed by atoms with Gasteiger partial charge in [-0.15, -0.1) is 0 Å². The minimum absolute atomic E-state index is 0.324. The van der Waals surface area contributed by atoms with Gasteiger partial charge in [0.25, 0.3) is 0 Å². The van der Waals surface area contributed by atoms with E-state index < -0.39 is 0 Å². The zero-order valence-corrected chi connectivity index (χ0v) is 13.8. The van der Waals surface area contributed by atoms with Crippen LogP contribution in [0.5, 0.6) is 0 Å². The molecule has 0 bridgehead atoms. The number of thioether (sulfide) groups is 1. The van der Waals surface area contributed by atoms with E-state index in [0.29, 0.717) is 5.54 Å². The molecule has 108 valence electrons. The predicted octanol–water partition coefficient (Wildman–Crippen LogP) is 3.23. The van der Waals surface area contributed by atoms with Gasteiger partial charge >= 0.3 is 0 Å². The van der Waals surface area contributed by atoms with Gasteiger partial charge in [0.05, 0.1) is 0 Å². The molecular formula is C15H32N2S. The summed E-state index contributed by atoms with van der Waals surface area (Å²) in [5.74, 6) is 2.06. The van der Waals surface area contributed by atoms with Gasteiger partial charge < -0.3 is 5.32 Å². The summed E-state index contributed by atoms with van der Waals surface area (Å²) in [5.41, 5.74) is 0.324. The second kappa shape index (κ2) is 7.76. The third-order valence-corrected chi connectivity index (χ3v) is 5.05. The molecule has 1 aliphatic rings. The van der Waals surface area contributed by atoms with Crippen LogP contribution in [0.3, 0.4) is 0 Å². The summed E-state index contributed by atoms with van der Waals surface area (Å²) in [6, 6.07) is 0.721. The molecule has 1 N–H and O–H groups in total. The zero-order chi connectivity index (χ0) is 13.6. The van der Waals surface area contributed by atoms with Crippen LogP contribution in [0.1, 0.15) is 47.0 Å². The molecule has 0 aromatic carbocycles. The quantitative estimate of drug-likeness (QED) is 0.716. The summed E-state index contributed by atoms with van der Waals surface area (Å²) < 4.78 is 0. The van der Waals surface area contributed by atoms with E-state index in [4.69, 9.17) is 0 Å². The SMILES string of the molecule is CCC1(C)CN(CCCCSC)C(C(C)C)CN1. The van der Waals surface area contributed by atoms with Gasteiger partial charge in [0, 0.05) is 24.7 Å². The van der Waals surface area contributed by atoms with Crippen LogP contribution in [-0.4, -0.2) is 48.1 Å². The Bertz CT molecular complexity index is 233. The molecule has 0 radical (unpaired) electrons. The predicted molar refractivity (Wildman–Crippen MR) is 84.5 cm³/mol. The third kappa shape index (κ3) is 4.75. The Morgan fingerprint density at radius 2 is 2.11 bits per heavy atom. The summed E-state index contributed by atoms with van der Waals surface area (Å²) in [5, 5.41) is 3.76. The van der Waals surface area contributed by atoms with E-state index in [1.165, 1.54) is 38.1 Å². The molecule has 0 aromatic heterocycles. The molecule has 0 aliphatic carbocycles. The largest absolute Gasteiger partial charge is 0.309 e. The van der Waals surface area contributed by atoms with Gasteiger partial charge in [0.2, 0.25) is 0 Å². The van der Waals surface area contributed by atoms with Gasteiger partial charge in [0.1, 0.15) is 0 Å². The highest BCUT2D eigenvalue weighted by atomic mass is 32.2. The molecule has 1 aliphatic heterocycles. The first-order valence-electron chi connectivity index (χ1n) is 7.50. The molecule has 18 heavy (non-hydrogen) atoms. The van der Waals surface area contributed by atoms with E-state index >= 15 is 0 Å². The average molecular weight is 273 g/mol. The maximum atomic E-state index is 3.76. The highest BCUT2D eigenvalue weighted by molar-refractivity contribution is 7.98. The molecule has 0 amide bonds. The third-order valence-electron chi connectivity index (χ3n) is 4.35. The van der Waals surface area contributed by atoms with Crippen LogP contribution in [0.25, 0.3) is 0 Å². The highest BCUT2D eigenvalue weighted by Gasteiger charge is 2.35. The van der Waals surface area contributed by atoms with E-state index in [2.05, 4.69) is 44.2 Å². The number of nitrogens with one attached hydrogen (secondary N) is 1. The van der Waals surface area contributed by atoms with Crippen molar-refractivity contribution in [3.8, 4) is 0 Å². The van der Waals surface area contributed by atoms with Crippen molar-refractivity contribution in [2.75, 3.05) is 31.6 Å². The van der Waals surface area contributed by atoms with Crippen molar-refractivity contribution in [1.29, 1.82) is 0 Å². The van der Waals surface area contributed by atoms with Crippen LogP contribution in [-0.2, 0) is 0 Å². The van der Waals surface area contributed by atoms with Gasteiger partial charge in [-0.3, -0.25) is 4.90 Å². The molecule has 3 heteroatoms. The molecule has 1 saturated heterocycles. The Morgan fingerprint density at radius 1 is 1.39 bits per heavy atom. The Hall–Kier alpha value is 0.270. The Balaban J connectivity index is 2.50. The fourth-order valence-corrected chi connectivity index (χ4v) is 3.29. The number of hydrogen-bond acceptors (Lipinski definition) is 3. The van der Waals surface area contributed by atoms with Crippen molar-refractivity contribution in [1.82, 2.24) is 10.2 Å². The van der Waals surface area contributed by atoms with Crippen LogP contribution >= 0.6 is 11.8 Å². The fraction of sp³-hybridized carbons (Fsp3) is 1.00. The number of nitrogens with zero attached hydrogens (tertiary/aromatic N) is 1. The van der Waals surface area contributed by atoms with Crippen molar-refractivity contribution < 1.29 is 0 Å². The second-order valence-corrected chi connectivity index (χ2v) is 7.26. The summed E-state index contributed by atoms with van der Waals surface area (Å²) in [6.45, 7) is 13.0. The first kappa shape index (κ1) is 16.3. The molecule has 0 spiro atoms. The van der Waals surface area contributed by atoms with Gasteiger partial charge in [-0.1, -0.05) is 20.8 Å². The molecule has 1 fully saturated rings. The van der Waals surface area contributed by atoms with Crippen molar-refractivity contribution in [2.24, 2.45) is 5.92 Å². The van der Waals surface area contributed by atoms with Crippen LogP contribution in [0.15, 0.2) is 0 Å². The standard InChI is InChI=1S/C15H32N2S/c1-6-15(4)12-17(9-7-8-10-18-5)14(11-16-15)13(2)3/h13-14,16H,6-12H2,1-5H3. The molecule has 2 unspecified atom stereocenters. The van der Waals surface area contributed by atoms with Crippen LogP contribution in [0, 0.1) is 5.92 Å². The summed E-state index contributed by atoms with van der Waals surface area (Å²) in [4.78, 5) is 2.74. The fourth-order valence-electron chi connectivity index (χ4n) is 2.80. The normalized spacial score (nSPS) is 30.0. The summed E-state index contributed by atoms with van der Waals surface area (Å²) in [6.07, 6.45) is 6.14. The van der Waals surface area contributed by atoms with Crippen LogP contribution in [0.4, 0.5) is 0 Å². The van der Waals surface area contributed by atoms with Gasteiger partial charge in [-0.2, -0.15) is 11.8 Å². The van der Waals surface area contributed by atoms with E-state index in [1.807, 2.05) is 11.8 Å². The Kier molecular flexibility index (Phi) is 7.04. The summed E-state index contributed by atoms with van der Waals surface area (Å²) in [7, 11) is 0. The van der Waals surface area contributed by atoms with Crippen molar-refractivity contribution in [3.05, 3.63) is 0 Å². The smallest absolute Gasteiger partial charge is 0.0278 e. The monoisotopic (exact) mass is 272 g/mol. The summed E-state index contributed by atoms with van der Waals surface area (Å²) >= 11 is 1.97. The molecule has 2 atom stereocenters.